The molecule has 2 rings (SSSR count). The Morgan fingerprint density at radius 2 is 2.04 bits per heavy atom. The SMILES string of the molecule is CCN(/C(C)=C/NC(=O)CCNCc1ccc(F)cc1)c1ccc(C#N)cn1. The van der Waals surface area contributed by atoms with Crippen molar-refractivity contribution in [2.24, 2.45) is 0 Å². The highest BCUT2D eigenvalue weighted by Gasteiger charge is 2.08. The van der Waals surface area contributed by atoms with Crippen molar-refractivity contribution in [1.29, 1.82) is 5.26 Å². The Morgan fingerprint density at radius 3 is 2.64 bits per heavy atom. The van der Waals surface area contributed by atoms with Crippen molar-refractivity contribution in [2.45, 2.75) is 26.8 Å². The van der Waals surface area contributed by atoms with Gasteiger partial charge >= 0.3 is 0 Å². The van der Waals surface area contributed by atoms with Gasteiger partial charge in [-0.2, -0.15) is 5.26 Å². The molecule has 1 amide bonds. The Balaban J connectivity index is 1.79. The molecule has 2 N–H and O–H groups in total. The van der Waals surface area contributed by atoms with Crippen LogP contribution in [-0.2, 0) is 11.3 Å². The smallest absolute Gasteiger partial charge is 0.225 e. The van der Waals surface area contributed by atoms with Gasteiger partial charge in [-0.1, -0.05) is 12.1 Å². The molecule has 28 heavy (non-hydrogen) atoms. The number of carbonyl (C=O) groups is 1. The number of aromatic nitrogens is 1. The maximum absolute atomic E-state index is 12.9. The molecule has 0 saturated heterocycles. The summed E-state index contributed by atoms with van der Waals surface area (Å²) >= 11 is 0. The third-order valence-corrected chi connectivity index (χ3v) is 4.11. The largest absolute Gasteiger partial charge is 0.331 e. The van der Waals surface area contributed by atoms with Crippen LogP contribution < -0.4 is 15.5 Å². The van der Waals surface area contributed by atoms with Crippen molar-refractivity contribution in [3.63, 3.8) is 0 Å². The van der Waals surface area contributed by atoms with Gasteiger partial charge in [-0.05, 0) is 43.7 Å². The van der Waals surface area contributed by atoms with Crippen molar-refractivity contribution in [2.75, 3.05) is 18.0 Å². The summed E-state index contributed by atoms with van der Waals surface area (Å²) in [4.78, 5) is 18.2. The number of carbonyl (C=O) groups excluding carboxylic acids is 1. The number of hydrogen-bond donors (Lipinski definition) is 2. The van der Waals surface area contributed by atoms with Gasteiger partial charge in [-0.15, -0.1) is 0 Å². The van der Waals surface area contributed by atoms with Crippen LogP contribution in [0.1, 0.15) is 31.4 Å². The lowest BCUT2D eigenvalue weighted by Crippen LogP contribution is -2.27. The highest BCUT2D eigenvalue weighted by Crippen LogP contribution is 2.15. The van der Waals surface area contributed by atoms with Crippen LogP contribution in [-0.4, -0.2) is 24.0 Å². The number of amides is 1. The number of rotatable bonds is 9. The van der Waals surface area contributed by atoms with Gasteiger partial charge in [-0.3, -0.25) is 4.79 Å². The van der Waals surface area contributed by atoms with Crippen LogP contribution >= 0.6 is 0 Å². The average Bonchev–Trinajstić information content (AvgIpc) is 2.72. The van der Waals surface area contributed by atoms with E-state index in [1.807, 2.05) is 24.8 Å². The van der Waals surface area contributed by atoms with E-state index < -0.39 is 0 Å². The molecular weight excluding hydrogens is 357 g/mol. The zero-order chi connectivity index (χ0) is 20.4. The van der Waals surface area contributed by atoms with Gasteiger partial charge in [0.1, 0.15) is 17.7 Å². The van der Waals surface area contributed by atoms with E-state index in [1.54, 1.807) is 30.5 Å². The van der Waals surface area contributed by atoms with Gasteiger partial charge in [0.15, 0.2) is 0 Å². The first-order valence-corrected chi connectivity index (χ1v) is 9.08. The number of nitrogens with zero attached hydrogens (tertiary/aromatic N) is 3. The van der Waals surface area contributed by atoms with Crippen molar-refractivity contribution in [1.82, 2.24) is 15.6 Å². The summed E-state index contributed by atoms with van der Waals surface area (Å²) in [6.07, 6.45) is 3.51. The first kappa shape index (κ1) is 21.1. The maximum Gasteiger partial charge on any atom is 0.225 e. The predicted octanol–water partition coefficient (Wildman–Crippen LogP) is 3.08. The van der Waals surface area contributed by atoms with E-state index in [1.165, 1.54) is 18.3 Å². The van der Waals surface area contributed by atoms with E-state index in [-0.39, 0.29) is 11.7 Å². The molecule has 146 valence electrons. The number of benzene rings is 1. The molecule has 0 fully saturated rings. The molecule has 0 spiro atoms. The Bertz CT molecular complexity index is 841. The fraction of sp³-hybridized carbons (Fsp3) is 0.286. The molecule has 1 aromatic carbocycles. The summed E-state index contributed by atoms with van der Waals surface area (Å²) in [5.41, 5.74) is 2.31. The van der Waals surface area contributed by atoms with Crippen LogP contribution in [0, 0.1) is 17.1 Å². The molecule has 0 atom stereocenters. The zero-order valence-electron chi connectivity index (χ0n) is 16.1. The highest BCUT2D eigenvalue weighted by atomic mass is 19.1. The van der Waals surface area contributed by atoms with Crippen LogP contribution in [0.4, 0.5) is 10.2 Å². The minimum atomic E-state index is -0.261. The topological polar surface area (TPSA) is 81.0 Å². The van der Waals surface area contributed by atoms with E-state index in [2.05, 4.69) is 15.6 Å². The number of hydrogen-bond acceptors (Lipinski definition) is 5. The Kier molecular flexibility index (Phi) is 8.12. The Morgan fingerprint density at radius 1 is 1.29 bits per heavy atom. The fourth-order valence-corrected chi connectivity index (χ4v) is 2.58. The molecule has 0 aliphatic carbocycles. The molecule has 6 nitrogen and oxygen atoms in total. The summed E-state index contributed by atoms with van der Waals surface area (Å²) in [5, 5.41) is 14.8. The fourth-order valence-electron chi connectivity index (χ4n) is 2.58. The third kappa shape index (κ3) is 6.49. The van der Waals surface area contributed by atoms with Crippen LogP contribution in [0.15, 0.2) is 54.5 Å². The van der Waals surface area contributed by atoms with Gasteiger partial charge in [0, 0.05) is 44.1 Å². The first-order valence-electron chi connectivity index (χ1n) is 9.08. The van der Waals surface area contributed by atoms with E-state index in [0.717, 1.165) is 11.3 Å². The lowest BCUT2D eigenvalue weighted by atomic mass is 10.2. The van der Waals surface area contributed by atoms with E-state index in [0.29, 0.717) is 37.4 Å². The van der Waals surface area contributed by atoms with Gasteiger partial charge in [0.2, 0.25) is 5.91 Å². The van der Waals surface area contributed by atoms with Gasteiger partial charge in [0.25, 0.3) is 0 Å². The second-order valence-corrected chi connectivity index (χ2v) is 6.17. The molecule has 0 unspecified atom stereocenters. The van der Waals surface area contributed by atoms with Crippen LogP contribution in [0.5, 0.6) is 0 Å². The standard InChI is InChI=1S/C21H24FN5O/c1-3-27(20-9-6-18(12-23)15-25-20)16(2)13-26-21(28)10-11-24-14-17-4-7-19(22)8-5-17/h4-9,13,15,24H,3,10-11,14H2,1-2H3,(H,26,28)/b16-13+. The summed E-state index contributed by atoms with van der Waals surface area (Å²) in [6.45, 7) is 5.65. The molecule has 0 aliphatic heterocycles. The predicted molar refractivity (Wildman–Crippen MR) is 107 cm³/mol. The molecule has 2 aromatic rings. The van der Waals surface area contributed by atoms with E-state index >= 15 is 0 Å². The maximum atomic E-state index is 12.9. The van der Waals surface area contributed by atoms with E-state index in [4.69, 9.17) is 5.26 Å². The monoisotopic (exact) mass is 381 g/mol. The molecule has 0 radical (unpaired) electrons. The summed E-state index contributed by atoms with van der Waals surface area (Å²) in [5.74, 6) is 0.350. The number of anilines is 1. The average molecular weight is 381 g/mol. The minimum Gasteiger partial charge on any atom is -0.331 e. The van der Waals surface area contributed by atoms with Crippen LogP contribution in [0.25, 0.3) is 0 Å². The van der Waals surface area contributed by atoms with Crippen molar-refractivity contribution in [3.05, 3.63) is 71.4 Å². The number of halogens is 1. The number of allylic oxidation sites excluding steroid dienone is 1. The van der Waals surface area contributed by atoms with Crippen molar-refractivity contribution < 1.29 is 9.18 Å². The molecule has 0 aliphatic rings. The molecule has 0 bridgehead atoms. The lowest BCUT2D eigenvalue weighted by molar-refractivity contribution is -0.120. The summed E-state index contributed by atoms with van der Waals surface area (Å²) in [7, 11) is 0. The Labute approximate surface area is 164 Å². The Hall–Kier alpha value is -3.24. The number of pyridine rings is 1. The number of nitriles is 1. The summed E-state index contributed by atoms with van der Waals surface area (Å²) in [6, 6.07) is 11.8. The molecular formula is C21H24FN5O. The summed E-state index contributed by atoms with van der Waals surface area (Å²) < 4.78 is 12.9. The molecule has 0 saturated carbocycles. The highest BCUT2D eigenvalue weighted by molar-refractivity contribution is 5.77. The van der Waals surface area contributed by atoms with Gasteiger partial charge < -0.3 is 15.5 Å². The quantitative estimate of drug-likeness (QED) is 0.653. The zero-order valence-corrected chi connectivity index (χ0v) is 16.1. The minimum absolute atomic E-state index is 0.102. The normalized spacial score (nSPS) is 11.0. The van der Waals surface area contributed by atoms with Crippen LogP contribution in [0.2, 0.25) is 0 Å². The second kappa shape index (κ2) is 10.8. The van der Waals surface area contributed by atoms with Crippen molar-refractivity contribution in [3.8, 4) is 6.07 Å². The van der Waals surface area contributed by atoms with E-state index in [9.17, 15) is 9.18 Å². The third-order valence-electron chi connectivity index (χ3n) is 4.11. The van der Waals surface area contributed by atoms with Crippen molar-refractivity contribution >= 4 is 11.7 Å². The van der Waals surface area contributed by atoms with Gasteiger partial charge in [0.05, 0.1) is 5.56 Å². The second-order valence-electron chi connectivity index (χ2n) is 6.17. The van der Waals surface area contributed by atoms with Crippen LogP contribution in [0.3, 0.4) is 0 Å². The van der Waals surface area contributed by atoms with Gasteiger partial charge in [-0.25, -0.2) is 9.37 Å². The molecule has 1 aromatic heterocycles. The lowest BCUT2D eigenvalue weighted by Gasteiger charge is -2.22. The number of nitrogens with one attached hydrogen (secondary N) is 2. The first-order chi connectivity index (χ1) is 13.5. The molecule has 1 heterocycles. The molecule has 7 heteroatoms.